The predicted molar refractivity (Wildman–Crippen MR) is 117 cm³/mol. The molecule has 1 atom stereocenters. The molecule has 150 valence electrons. The van der Waals surface area contributed by atoms with E-state index < -0.39 is 0 Å². The summed E-state index contributed by atoms with van der Waals surface area (Å²) in [5.74, 6) is 0.998. The summed E-state index contributed by atoms with van der Waals surface area (Å²) in [5.41, 5.74) is 6.26. The topological polar surface area (TPSA) is 70.7 Å². The second-order valence-corrected chi connectivity index (χ2v) is 8.59. The second kappa shape index (κ2) is 8.82. The Kier molecular flexibility index (Phi) is 6.00. The number of rotatable bonds is 6. The first-order valence-corrected chi connectivity index (χ1v) is 11.1. The van der Waals surface area contributed by atoms with Gasteiger partial charge in [-0.3, -0.25) is 9.89 Å². The van der Waals surface area contributed by atoms with Crippen LogP contribution in [0.1, 0.15) is 48.1 Å². The van der Waals surface area contributed by atoms with Crippen molar-refractivity contribution in [2.75, 3.05) is 5.75 Å². The monoisotopic (exact) mass is 406 g/mol. The van der Waals surface area contributed by atoms with Crippen molar-refractivity contribution in [1.82, 2.24) is 20.5 Å². The maximum absolute atomic E-state index is 12.4. The Bertz CT molecular complexity index is 996. The van der Waals surface area contributed by atoms with Gasteiger partial charge in [0.25, 0.3) is 0 Å². The highest BCUT2D eigenvalue weighted by Gasteiger charge is 2.15. The van der Waals surface area contributed by atoms with Gasteiger partial charge in [-0.05, 0) is 56.2 Å². The van der Waals surface area contributed by atoms with Gasteiger partial charge < -0.3 is 5.32 Å². The zero-order chi connectivity index (χ0) is 20.2. The lowest BCUT2D eigenvalue weighted by atomic mass is 9.89. The van der Waals surface area contributed by atoms with Crippen molar-refractivity contribution in [1.29, 1.82) is 0 Å². The van der Waals surface area contributed by atoms with Crippen LogP contribution < -0.4 is 5.32 Å². The summed E-state index contributed by atoms with van der Waals surface area (Å²) >= 11 is 1.34. The fourth-order valence-electron chi connectivity index (χ4n) is 3.67. The van der Waals surface area contributed by atoms with Crippen molar-refractivity contribution in [3.8, 4) is 11.4 Å². The predicted octanol–water partition coefficient (Wildman–Crippen LogP) is 4.63. The quantitative estimate of drug-likeness (QED) is 0.586. The summed E-state index contributed by atoms with van der Waals surface area (Å²) in [6.45, 7) is 4.09. The third-order valence-corrected chi connectivity index (χ3v) is 6.22. The number of aromatic amines is 1. The van der Waals surface area contributed by atoms with E-state index in [4.69, 9.17) is 0 Å². The number of nitrogens with one attached hydrogen (secondary N) is 2. The average molecular weight is 407 g/mol. The van der Waals surface area contributed by atoms with E-state index >= 15 is 0 Å². The third-order valence-electron chi connectivity index (χ3n) is 5.37. The summed E-state index contributed by atoms with van der Waals surface area (Å²) in [6, 6.07) is 14.7. The first-order valence-electron chi connectivity index (χ1n) is 10.1. The van der Waals surface area contributed by atoms with Gasteiger partial charge in [-0.1, -0.05) is 59.8 Å². The van der Waals surface area contributed by atoms with E-state index in [0.29, 0.717) is 10.9 Å². The highest BCUT2D eigenvalue weighted by Crippen LogP contribution is 2.25. The maximum Gasteiger partial charge on any atom is 0.230 e. The van der Waals surface area contributed by atoms with Crippen LogP contribution in [0.15, 0.2) is 47.6 Å². The second-order valence-electron chi connectivity index (χ2n) is 7.65. The summed E-state index contributed by atoms with van der Waals surface area (Å²) in [7, 11) is 0. The van der Waals surface area contributed by atoms with Crippen LogP contribution in [0.5, 0.6) is 0 Å². The Morgan fingerprint density at radius 3 is 2.69 bits per heavy atom. The fourth-order valence-corrected chi connectivity index (χ4v) is 4.28. The molecule has 1 heterocycles. The molecule has 0 radical (unpaired) electrons. The lowest BCUT2D eigenvalue weighted by Gasteiger charge is -2.20. The minimum absolute atomic E-state index is 0.00871. The maximum atomic E-state index is 12.4. The number of aryl methyl sites for hydroxylation is 3. The number of carbonyl (C=O) groups is 1. The number of aromatic nitrogens is 3. The minimum Gasteiger partial charge on any atom is -0.349 e. The van der Waals surface area contributed by atoms with E-state index in [1.807, 2.05) is 31.2 Å². The number of hydrogen-bond donors (Lipinski definition) is 2. The van der Waals surface area contributed by atoms with Gasteiger partial charge in [-0.2, -0.15) is 0 Å². The largest absolute Gasteiger partial charge is 0.349 e. The molecule has 0 saturated heterocycles. The molecule has 0 aliphatic heterocycles. The summed E-state index contributed by atoms with van der Waals surface area (Å²) in [6.07, 6.45) is 4.86. The van der Waals surface area contributed by atoms with E-state index in [2.05, 4.69) is 45.6 Å². The third kappa shape index (κ3) is 4.88. The smallest absolute Gasteiger partial charge is 0.230 e. The van der Waals surface area contributed by atoms with Crippen molar-refractivity contribution in [2.24, 2.45) is 0 Å². The Morgan fingerprint density at radius 2 is 1.90 bits per heavy atom. The molecule has 0 fully saturated rings. The van der Waals surface area contributed by atoms with Crippen LogP contribution in [0.3, 0.4) is 0 Å². The number of carbonyl (C=O) groups excluding carboxylic acids is 1. The standard InChI is InChI=1S/C23H26N4OS/c1-15-7-9-18(10-8-15)22-25-23(27-26-22)29-14-21(28)24-16(2)19-12-11-17-5-3-4-6-20(17)13-19/h7-13,16H,3-6,14H2,1-2H3,(H,24,28)(H,25,26,27)/t16-/m1/s1. The van der Waals surface area contributed by atoms with Gasteiger partial charge in [0.1, 0.15) is 0 Å². The lowest BCUT2D eigenvalue weighted by Crippen LogP contribution is -2.28. The van der Waals surface area contributed by atoms with Gasteiger partial charge in [0.05, 0.1) is 11.8 Å². The van der Waals surface area contributed by atoms with Crippen LogP contribution in [0.2, 0.25) is 0 Å². The molecule has 1 amide bonds. The van der Waals surface area contributed by atoms with E-state index in [9.17, 15) is 4.79 Å². The summed E-state index contributed by atoms with van der Waals surface area (Å²) in [5, 5.41) is 10.8. The van der Waals surface area contributed by atoms with E-state index in [1.54, 1.807) is 0 Å². The van der Waals surface area contributed by atoms with Crippen LogP contribution >= 0.6 is 11.8 Å². The van der Waals surface area contributed by atoms with Crippen molar-refractivity contribution in [2.45, 2.75) is 50.7 Å². The SMILES string of the molecule is Cc1ccc(-c2nc(SCC(=O)N[C@H](C)c3ccc4c(c3)CCCC4)n[nH]2)cc1. The van der Waals surface area contributed by atoms with Gasteiger partial charge in [-0.15, -0.1) is 5.10 Å². The Labute approximate surface area is 175 Å². The molecule has 2 aromatic carbocycles. The van der Waals surface area contributed by atoms with E-state index in [-0.39, 0.29) is 11.9 Å². The summed E-state index contributed by atoms with van der Waals surface area (Å²) in [4.78, 5) is 16.9. The molecular weight excluding hydrogens is 380 g/mol. The van der Waals surface area contributed by atoms with Gasteiger partial charge in [0.2, 0.25) is 11.1 Å². The molecule has 0 spiro atoms. The molecular formula is C23H26N4OS. The molecule has 2 N–H and O–H groups in total. The molecule has 29 heavy (non-hydrogen) atoms. The lowest BCUT2D eigenvalue weighted by molar-refractivity contribution is -0.119. The number of nitrogens with zero attached hydrogens (tertiary/aromatic N) is 2. The minimum atomic E-state index is -0.0121. The molecule has 1 aliphatic carbocycles. The molecule has 3 aromatic rings. The zero-order valence-corrected chi connectivity index (χ0v) is 17.7. The van der Waals surface area contributed by atoms with Crippen LogP contribution in [0.4, 0.5) is 0 Å². The molecule has 5 nitrogen and oxygen atoms in total. The molecule has 0 saturated carbocycles. The van der Waals surface area contributed by atoms with Crippen molar-refractivity contribution >= 4 is 17.7 Å². The molecule has 0 unspecified atom stereocenters. The molecule has 0 bridgehead atoms. The molecule has 1 aromatic heterocycles. The van der Waals surface area contributed by atoms with E-state index in [1.165, 1.54) is 53.3 Å². The first-order chi connectivity index (χ1) is 14.1. The number of thioether (sulfide) groups is 1. The zero-order valence-electron chi connectivity index (χ0n) is 16.9. The fraction of sp³-hybridized carbons (Fsp3) is 0.348. The molecule has 1 aliphatic rings. The Balaban J connectivity index is 1.31. The van der Waals surface area contributed by atoms with Crippen LogP contribution in [0.25, 0.3) is 11.4 Å². The molecule has 6 heteroatoms. The van der Waals surface area contributed by atoms with Crippen molar-refractivity contribution < 1.29 is 4.79 Å². The van der Waals surface area contributed by atoms with Crippen molar-refractivity contribution in [3.63, 3.8) is 0 Å². The first kappa shape index (κ1) is 19.7. The normalized spacial score (nSPS) is 14.3. The van der Waals surface area contributed by atoms with Gasteiger partial charge in [0.15, 0.2) is 5.82 Å². The van der Waals surface area contributed by atoms with Crippen LogP contribution in [-0.4, -0.2) is 26.8 Å². The highest BCUT2D eigenvalue weighted by molar-refractivity contribution is 7.99. The Morgan fingerprint density at radius 1 is 1.14 bits per heavy atom. The molecule has 4 rings (SSSR count). The number of H-pyrrole nitrogens is 1. The number of fused-ring (bicyclic) bond motifs is 1. The van der Waals surface area contributed by atoms with Gasteiger partial charge >= 0.3 is 0 Å². The number of hydrogen-bond acceptors (Lipinski definition) is 4. The van der Waals surface area contributed by atoms with Gasteiger partial charge in [0, 0.05) is 5.56 Å². The van der Waals surface area contributed by atoms with E-state index in [0.717, 1.165) is 17.8 Å². The highest BCUT2D eigenvalue weighted by atomic mass is 32.2. The Hall–Kier alpha value is -2.60. The van der Waals surface area contributed by atoms with Crippen molar-refractivity contribution in [3.05, 3.63) is 64.7 Å². The number of benzene rings is 2. The number of amides is 1. The van der Waals surface area contributed by atoms with Gasteiger partial charge in [-0.25, -0.2) is 4.98 Å². The van der Waals surface area contributed by atoms with Crippen LogP contribution in [-0.2, 0) is 17.6 Å². The average Bonchev–Trinajstić information content (AvgIpc) is 3.21. The van der Waals surface area contributed by atoms with Crippen LogP contribution in [0, 0.1) is 6.92 Å². The summed E-state index contributed by atoms with van der Waals surface area (Å²) < 4.78 is 0.